The minimum Gasteiger partial charge on any atom is -0.457 e. The third-order valence-electron chi connectivity index (χ3n) is 5.72. The van der Waals surface area contributed by atoms with Crippen LogP contribution in [-0.4, -0.2) is 38.5 Å². The van der Waals surface area contributed by atoms with Crippen molar-refractivity contribution in [1.29, 1.82) is 0 Å². The molecule has 180 valence electrons. The molecule has 0 fully saturated rings. The number of aldehydes is 1. The van der Waals surface area contributed by atoms with E-state index in [1.165, 1.54) is 6.33 Å². The first kappa shape index (κ1) is 23.9. The lowest BCUT2D eigenvalue weighted by atomic mass is 10.1. The molecule has 1 unspecified atom stereocenters. The summed E-state index contributed by atoms with van der Waals surface area (Å²) < 4.78 is 7.67. The number of nitrogens with zero attached hydrogens (tertiary/aromatic N) is 4. The molecule has 1 amide bonds. The number of carbonyl (C=O) groups is 2. The molecule has 0 radical (unpaired) electrons. The maximum atomic E-state index is 11.9. The van der Waals surface area contributed by atoms with E-state index >= 15 is 0 Å². The molecule has 9 heteroatoms. The number of ether oxygens (including phenoxy) is 1. The van der Waals surface area contributed by atoms with Crippen molar-refractivity contribution < 1.29 is 14.3 Å². The highest BCUT2D eigenvalue weighted by Crippen LogP contribution is 2.33. The molecule has 4 aromatic rings. The Balaban J connectivity index is 1.69. The number of nitrogens with two attached hydrogens (primary N) is 1. The van der Waals surface area contributed by atoms with Crippen molar-refractivity contribution in [1.82, 2.24) is 25.1 Å². The summed E-state index contributed by atoms with van der Waals surface area (Å²) in [5.41, 5.74) is 9.39. The highest BCUT2D eigenvalue weighted by atomic mass is 16.5. The predicted molar refractivity (Wildman–Crippen MR) is 134 cm³/mol. The van der Waals surface area contributed by atoms with Gasteiger partial charge in [-0.15, -0.1) is 0 Å². The van der Waals surface area contributed by atoms with Crippen molar-refractivity contribution in [3.63, 3.8) is 0 Å². The zero-order chi connectivity index (χ0) is 24.8. The number of rotatable bonds is 10. The Morgan fingerprint density at radius 2 is 1.80 bits per heavy atom. The third kappa shape index (κ3) is 5.46. The lowest BCUT2D eigenvalue weighted by Crippen LogP contribution is -2.31. The van der Waals surface area contributed by atoms with Crippen LogP contribution in [0.3, 0.4) is 0 Å². The number of carbonyl (C=O) groups excluding carboxylic acids is 2. The van der Waals surface area contributed by atoms with Crippen LogP contribution < -0.4 is 15.8 Å². The minimum absolute atomic E-state index is 0.0731. The van der Waals surface area contributed by atoms with E-state index in [4.69, 9.17) is 15.6 Å². The number of aryl methyl sites for hydroxylation is 1. The molecule has 9 nitrogen and oxygen atoms in total. The van der Waals surface area contributed by atoms with Gasteiger partial charge in [0.2, 0.25) is 5.91 Å². The zero-order valence-electron chi connectivity index (χ0n) is 19.8. The number of nitrogens with one attached hydrogen (secondary N) is 1. The molecule has 0 spiro atoms. The topological polar surface area (TPSA) is 125 Å². The molecule has 0 aliphatic heterocycles. The van der Waals surface area contributed by atoms with Gasteiger partial charge < -0.3 is 20.6 Å². The zero-order valence-corrected chi connectivity index (χ0v) is 19.8. The van der Waals surface area contributed by atoms with Crippen molar-refractivity contribution in [2.75, 3.05) is 12.3 Å². The second-order valence-electron chi connectivity index (χ2n) is 8.25. The second-order valence-corrected chi connectivity index (χ2v) is 8.25. The van der Waals surface area contributed by atoms with E-state index in [9.17, 15) is 9.59 Å². The molecule has 2 aromatic carbocycles. The maximum Gasteiger partial charge on any atom is 0.219 e. The molecule has 0 aliphatic carbocycles. The molecule has 3 N–H and O–H groups in total. The first-order valence-electron chi connectivity index (χ1n) is 11.5. The van der Waals surface area contributed by atoms with Crippen LogP contribution in [0.1, 0.15) is 37.8 Å². The highest BCUT2D eigenvalue weighted by Gasteiger charge is 2.22. The van der Waals surface area contributed by atoms with Crippen LogP contribution in [0.2, 0.25) is 0 Å². The van der Waals surface area contributed by atoms with Crippen molar-refractivity contribution in [2.24, 2.45) is 0 Å². The van der Waals surface area contributed by atoms with Crippen molar-refractivity contribution in [2.45, 2.75) is 39.2 Å². The maximum absolute atomic E-state index is 11.9. The van der Waals surface area contributed by atoms with E-state index < -0.39 is 0 Å². The molecule has 0 aliphatic rings. The predicted octanol–water partition coefficient (Wildman–Crippen LogP) is 4.22. The van der Waals surface area contributed by atoms with Crippen molar-refractivity contribution in [3.05, 3.63) is 60.4 Å². The molecule has 0 bridgehead atoms. The van der Waals surface area contributed by atoms with Crippen LogP contribution in [-0.2, 0) is 9.59 Å². The molecular formula is C26H28N6O3. The van der Waals surface area contributed by atoms with Crippen LogP contribution in [0.15, 0.2) is 54.9 Å². The van der Waals surface area contributed by atoms with Gasteiger partial charge in [0.15, 0.2) is 5.65 Å². The van der Waals surface area contributed by atoms with Gasteiger partial charge in [0.05, 0.1) is 11.4 Å². The molecule has 2 heterocycles. The summed E-state index contributed by atoms with van der Waals surface area (Å²) in [6, 6.07) is 15.1. The number of hydrogen-bond donors (Lipinski definition) is 2. The summed E-state index contributed by atoms with van der Waals surface area (Å²) in [4.78, 5) is 31.5. The van der Waals surface area contributed by atoms with Gasteiger partial charge in [-0.1, -0.05) is 24.6 Å². The van der Waals surface area contributed by atoms with E-state index in [-0.39, 0.29) is 11.9 Å². The van der Waals surface area contributed by atoms with Gasteiger partial charge >= 0.3 is 0 Å². The fraction of sp³-hybridized carbons (Fsp3) is 0.269. The lowest BCUT2D eigenvalue weighted by Gasteiger charge is -2.17. The van der Waals surface area contributed by atoms with Gasteiger partial charge in [-0.3, -0.25) is 4.79 Å². The number of benzene rings is 2. The van der Waals surface area contributed by atoms with Crippen molar-refractivity contribution >= 4 is 29.0 Å². The Morgan fingerprint density at radius 3 is 2.46 bits per heavy atom. The minimum atomic E-state index is -0.273. The van der Waals surface area contributed by atoms with Crippen molar-refractivity contribution in [3.8, 4) is 22.8 Å². The van der Waals surface area contributed by atoms with E-state index in [1.807, 2.05) is 55.5 Å². The van der Waals surface area contributed by atoms with E-state index in [0.29, 0.717) is 54.1 Å². The Bertz CT molecular complexity index is 1320. The third-order valence-corrected chi connectivity index (χ3v) is 5.72. The van der Waals surface area contributed by atoms with E-state index in [2.05, 4.69) is 15.3 Å². The fourth-order valence-corrected chi connectivity index (χ4v) is 3.80. The van der Waals surface area contributed by atoms with E-state index in [1.54, 1.807) is 11.6 Å². The van der Waals surface area contributed by atoms with Gasteiger partial charge in [-0.2, -0.15) is 5.10 Å². The monoisotopic (exact) mass is 472 g/mol. The first-order valence-corrected chi connectivity index (χ1v) is 11.5. The van der Waals surface area contributed by atoms with Gasteiger partial charge in [0.25, 0.3) is 0 Å². The summed E-state index contributed by atoms with van der Waals surface area (Å²) in [5, 5.41) is 8.35. The summed E-state index contributed by atoms with van der Waals surface area (Å²) in [7, 11) is 0. The number of aromatic nitrogens is 4. The molecule has 4 rings (SSSR count). The van der Waals surface area contributed by atoms with Gasteiger partial charge in [-0.25, -0.2) is 14.6 Å². The average molecular weight is 473 g/mol. The van der Waals surface area contributed by atoms with Crippen LogP contribution in [0.4, 0.5) is 5.82 Å². The van der Waals surface area contributed by atoms with E-state index in [0.717, 1.165) is 23.2 Å². The van der Waals surface area contributed by atoms with Crippen LogP contribution in [0.5, 0.6) is 11.5 Å². The largest absolute Gasteiger partial charge is 0.457 e. The van der Waals surface area contributed by atoms with Gasteiger partial charge in [0.1, 0.15) is 35.6 Å². The molecule has 0 saturated carbocycles. The first-order chi connectivity index (χ1) is 17.0. The fourth-order valence-electron chi connectivity index (χ4n) is 3.80. The normalized spacial score (nSPS) is 11.8. The molecule has 35 heavy (non-hydrogen) atoms. The molecule has 1 atom stereocenters. The molecule has 0 saturated heterocycles. The van der Waals surface area contributed by atoms with Gasteiger partial charge in [0, 0.05) is 24.9 Å². The van der Waals surface area contributed by atoms with Gasteiger partial charge in [-0.05, 0) is 49.7 Å². The quantitative estimate of drug-likeness (QED) is 0.331. The number of hydrogen-bond acceptors (Lipinski definition) is 7. The highest BCUT2D eigenvalue weighted by molar-refractivity contribution is 5.98. The Labute approximate surface area is 203 Å². The van der Waals surface area contributed by atoms with Crippen LogP contribution >= 0.6 is 0 Å². The summed E-state index contributed by atoms with van der Waals surface area (Å²) in [6.45, 7) is 4.14. The Hall–Kier alpha value is -4.27. The Morgan fingerprint density at radius 1 is 1.11 bits per heavy atom. The number of amides is 1. The Kier molecular flexibility index (Phi) is 7.35. The molecular weight excluding hydrogens is 444 g/mol. The second kappa shape index (κ2) is 10.8. The lowest BCUT2D eigenvalue weighted by molar-refractivity contribution is -0.120. The number of anilines is 1. The number of nitrogen functional groups attached to an aromatic ring is 1. The van der Waals surface area contributed by atoms with Crippen LogP contribution in [0, 0.1) is 6.92 Å². The molecule has 2 aromatic heterocycles. The average Bonchev–Trinajstić information content (AvgIpc) is 3.26. The standard InChI is InChI=1S/C26H28N6O3/c1-3-22(34)28-15-19(5-4-14-33)32-26-23(25(27)29-16-30-26)24(31-32)18-8-12-21(13-9-18)35-20-10-6-17(2)7-11-20/h6-14,16,19H,3-5,15H2,1-2H3,(H,28,34)(H2,27,29,30). The van der Waals surface area contributed by atoms with Crippen LogP contribution in [0.25, 0.3) is 22.3 Å². The summed E-state index contributed by atoms with van der Waals surface area (Å²) in [5.74, 6) is 1.68. The smallest absolute Gasteiger partial charge is 0.219 e. The SMILES string of the molecule is CCC(=O)NCC(CCC=O)n1nc(-c2ccc(Oc3ccc(C)cc3)cc2)c2c(N)ncnc21. The summed E-state index contributed by atoms with van der Waals surface area (Å²) >= 11 is 0. The number of fused-ring (bicyclic) bond motifs is 1. The summed E-state index contributed by atoms with van der Waals surface area (Å²) in [6.07, 6.45) is 3.44.